The van der Waals surface area contributed by atoms with E-state index in [0.29, 0.717) is 12.5 Å². The fourth-order valence-corrected chi connectivity index (χ4v) is 5.46. The van der Waals surface area contributed by atoms with Gasteiger partial charge in [0.25, 0.3) is 5.91 Å². The standard InChI is InChI=1S/C24H32N6O3S/c1-34(32,33)14-13-30-11-9-17(10-12-30)20-7-8-21(22(28-20)18-5-3-2-4-6-18)29-24(31)23-26-16-19(15-25)27-23/h5,8,16-17,20H,2-4,6-7,9-14H2,1H3,(H,26,27)(H,29,31). The van der Waals surface area contributed by atoms with Crippen molar-refractivity contribution in [2.24, 2.45) is 10.9 Å². The zero-order valence-electron chi connectivity index (χ0n) is 19.6. The van der Waals surface area contributed by atoms with Gasteiger partial charge in [0.2, 0.25) is 0 Å². The highest BCUT2D eigenvalue weighted by molar-refractivity contribution is 7.90. The molecule has 1 fully saturated rings. The van der Waals surface area contributed by atoms with Gasteiger partial charge < -0.3 is 15.2 Å². The minimum Gasteiger partial charge on any atom is -0.326 e. The second kappa shape index (κ2) is 10.7. The third kappa shape index (κ3) is 6.21. The summed E-state index contributed by atoms with van der Waals surface area (Å²) in [5, 5.41) is 11.9. The SMILES string of the molecule is CS(=O)(=O)CCN1CCC(C2CC=C(NC(=O)c3ncc(C#N)[nH]3)C(C3=CCCCC3)=N2)CC1. The van der Waals surface area contributed by atoms with Gasteiger partial charge in [0, 0.05) is 12.8 Å². The molecule has 1 aromatic heterocycles. The summed E-state index contributed by atoms with van der Waals surface area (Å²) in [6, 6.07) is 2.10. The number of sulfone groups is 1. The minimum atomic E-state index is -2.95. The average molecular weight is 485 g/mol. The Morgan fingerprint density at radius 2 is 2.09 bits per heavy atom. The number of piperidine rings is 1. The van der Waals surface area contributed by atoms with Crippen LogP contribution in [0.2, 0.25) is 0 Å². The maximum atomic E-state index is 12.7. The molecular formula is C24H32N6O3S. The minimum absolute atomic E-state index is 0.109. The highest BCUT2D eigenvalue weighted by Crippen LogP contribution is 2.31. The number of aromatic amines is 1. The summed E-state index contributed by atoms with van der Waals surface area (Å²) >= 11 is 0. The first kappa shape index (κ1) is 24.4. The van der Waals surface area contributed by atoms with E-state index < -0.39 is 9.84 Å². The summed E-state index contributed by atoms with van der Waals surface area (Å²) in [6.45, 7) is 2.36. The van der Waals surface area contributed by atoms with E-state index in [-0.39, 0.29) is 29.2 Å². The van der Waals surface area contributed by atoms with Gasteiger partial charge in [-0.3, -0.25) is 9.79 Å². The number of carbonyl (C=O) groups is 1. The first-order chi connectivity index (χ1) is 16.3. The number of nitrogens with one attached hydrogen (secondary N) is 2. The van der Waals surface area contributed by atoms with Crippen molar-refractivity contribution in [2.75, 3.05) is 31.6 Å². The Hall–Kier alpha value is -2.77. The maximum Gasteiger partial charge on any atom is 0.291 e. The molecule has 2 N–H and O–H groups in total. The molecule has 1 amide bonds. The number of likely N-dealkylation sites (tertiary alicyclic amines) is 1. The van der Waals surface area contributed by atoms with E-state index in [1.165, 1.54) is 24.4 Å². The van der Waals surface area contributed by atoms with Gasteiger partial charge in [0.05, 0.1) is 29.4 Å². The van der Waals surface area contributed by atoms with Gasteiger partial charge in [-0.1, -0.05) is 12.2 Å². The lowest BCUT2D eigenvalue weighted by Gasteiger charge is -2.36. The summed E-state index contributed by atoms with van der Waals surface area (Å²) in [5.41, 5.74) is 3.02. The topological polar surface area (TPSA) is 131 Å². The van der Waals surface area contributed by atoms with Crippen LogP contribution in [-0.4, -0.2) is 72.6 Å². The average Bonchev–Trinajstić information content (AvgIpc) is 3.33. The van der Waals surface area contributed by atoms with Crippen LogP contribution in [0, 0.1) is 17.2 Å². The molecule has 0 bridgehead atoms. The number of H-pyrrole nitrogens is 1. The summed E-state index contributed by atoms with van der Waals surface area (Å²) in [4.78, 5) is 26.9. The molecule has 0 saturated carbocycles. The molecular weight excluding hydrogens is 452 g/mol. The van der Waals surface area contributed by atoms with Crippen molar-refractivity contribution in [1.82, 2.24) is 20.2 Å². The molecule has 4 rings (SSSR count). The molecule has 34 heavy (non-hydrogen) atoms. The van der Waals surface area contributed by atoms with Gasteiger partial charge in [0.1, 0.15) is 21.6 Å². The largest absolute Gasteiger partial charge is 0.326 e. The lowest BCUT2D eigenvalue weighted by molar-refractivity contribution is 0.0958. The number of hydrogen-bond donors (Lipinski definition) is 2. The number of aromatic nitrogens is 2. The Morgan fingerprint density at radius 3 is 2.74 bits per heavy atom. The lowest BCUT2D eigenvalue weighted by Crippen LogP contribution is -2.41. The predicted octanol–water partition coefficient (Wildman–Crippen LogP) is 2.37. The molecule has 1 unspecified atom stereocenters. The fourth-order valence-electron chi connectivity index (χ4n) is 4.87. The van der Waals surface area contributed by atoms with Gasteiger partial charge in [-0.15, -0.1) is 0 Å². The Balaban J connectivity index is 1.44. The van der Waals surface area contributed by atoms with Crippen molar-refractivity contribution >= 4 is 21.5 Å². The van der Waals surface area contributed by atoms with Gasteiger partial charge in [0.15, 0.2) is 5.82 Å². The van der Waals surface area contributed by atoms with Gasteiger partial charge in [-0.05, 0) is 69.5 Å². The van der Waals surface area contributed by atoms with E-state index >= 15 is 0 Å². The molecule has 10 heteroatoms. The first-order valence-electron chi connectivity index (χ1n) is 12.0. The van der Waals surface area contributed by atoms with Crippen molar-refractivity contribution in [3.63, 3.8) is 0 Å². The number of allylic oxidation sites excluding steroid dienone is 2. The zero-order valence-corrected chi connectivity index (χ0v) is 20.4. The van der Waals surface area contributed by atoms with E-state index in [2.05, 4.69) is 32.3 Å². The normalized spacial score (nSPS) is 22.4. The third-order valence-corrected chi connectivity index (χ3v) is 7.75. The van der Waals surface area contributed by atoms with Crippen LogP contribution in [0.3, 0.4) is 0 Å². The number of nitriles is 1. The van der Waals surface area contributed by atoms with Crippen LogP contribution in [0.25, 0.3) is 0 Å². The van der Waals surface area contributed by atoms with Gasteiger partial charge >= 0.3 is 0 Å². The Morgan fingerprint density at radius 1 is 1.29 bits per heavy atom. The summed E-state index contributed by atoms with van der Waals surface area (Å²) < 4.78 is 23.0. The Kier molecular flexibility index (Phi) is 7.63. The monoisotopic (exact) mass is 484 g/mol. The number of hydrogen-bond acceptors (Lipinski definition) is 7. The molecule has 0 radical (unpaired) electrons. The highest BCUT2D eigenvalue weighted by atomic mass is 32.2. The van der Waals surface area contributed by atoms with Gasteiger partial charge in [-0.2, -0.15) is 5.26 Å². The second-order valence-corrected chi connectivity index (χ2v) is 11.7. The summed E-state index contributed by atoms with van der Waals surface area (Å²) in [6.07, 6.45) is 13.9. The molecule has 182 valence electrons. The number of nitrogens with zero attached hydrogens (tertiary/aromatic N) is 4. The molecule has 1 aliphatic carbocycles. The molecule has 9 nitrogen and oxygen atoms in total. The number of dihydropyridines is 1. The van der Waals surface area contributed by atoms with E-state index in [9.17, 15) is 13.2 Å². The van der Waals surface area contributed by atoms with Crippen molar-refractivity contribution in [3.8, 4) is 6.07 Å². The predicted molar refractivity (Wildman–Crippen MR) is 130 cm³/mol. The van der Waals surface area contributed by atoms with Crippen LogP contribution < -0.4 is 5.32 Å². The van der Waals surface area contributed by atoms with Gasteiger partial charge in [-0.25, -0.2) is 13.4 Å². The molecule has 0 spiro atoms. The zero-order chi connectivity index (χ0) is 24.1. The summed E-state index contributed by atoms with van der Waals surface area (Å²) in [7, 11) is -2.95. The smallest absolute Gasteiger partial charge is 0.291 e. The van der Waals surface area contributed by atoms with Crippen molar-refractivity contribution in [3.05, 3.63) is 41.1 Å². The number of imidazole rings is 1. The molecule has 1 saturated heterocycles. The van der Waals surface area contributed by atoms with E-state index in [1.54, 1.807) is 0 Å². The third-order valence-electron chi connectivity index (χ3n) is 6.82. The first-order valence-corrected chi connectivity index (χ1v) is 14.0. The molecule has 1 atom stereocenters. The van der Waals surface area contributed by atoms with Crippen molar-refractivity contribution in [1.29, 1.82) is 5.26 Å². The molecule has 0 aromatic carbocycles. The van der Waals surface area contributed by atoms with Crippen LogP contribution in [0.15, 0.2) is 34.6 Å². The number of carbonyl (C=O) groups excluding carboxylic acids is 1. The summed E-state index contributed by atoms with van der Waals surface area (Å²) in [5.74, 6) is 0.368. The van der Waals surface area contributed by atoms with Crippen LogP contribution in [-0.2, 0) is 9.84 Å². The maximum absolute atomic E-state index is 12.7. The molecule has 3 heterocycles. The lowest BCUT2D eigenvalue weighted by atomic mass is 9.84. The second-order valence-electron chi connectivity index (χ2n) is 9.39. The number of rotatable bonds is 7. The van der Waals surface area contributed by atoms with Crippen molar-refractivity contribution in [2.45, 2.75) is 51.0 Å². The highest BCUT2D eigenvalue weighted by Gasteiger charge is 2.30. The Labute approximate surface area is 201 Å². The molecule has 2 aliphatic heterocycles. The fraction of sp³-hybridized carbons (Fsp3) is 0.583. The van der Waals surface area contributed by atoms with Crippen LogP contribution >= 0.6 is 0 Å². The number of aliphatic imine (C=N–C) groups is 1. The quantitative estimate of drug-likeness (QED) is 0.611. The van der Waals surface area contributed by atoms with E-state index in [1.807, 2.05) is 6.07 Å². The van der Waals surface area contributed by atoms with Crippen molar-refractivity contribution < 1.29 is 13.2 Å². The molecule has 3 aliphatic rings. The van der Waals surface area contributed by atoms with Crippen LogP contribution in [0.5, 0.6) is 0 Å². The number of amides is 1. The van der Waals surface area contributed by atoms with Crippen LogP contribution in [0.1, 0.15) is 61.3 Å². The molecule has 1 aromatic rings. The van der Waals surface area contributed by atoms with Crippen LogP contribution in [0.4, 0.5) is 0 Å². The Bertz CT molecular complexity index is 1150. The van der Waals surface area contributed by atoms with E-state index in [4.69, 9.17) is 10.3 Å². The van der Waals surface area contributed by atoms with E-state index in [0.717, 1.165) is 63.0 Å².